The fraction of sp³-hybridized carbons (Fsp3) is 0.727. The minimum absolute atomic E-state index is 0.156. The Kier molecular flexibility index (Phi) is 4.52. The van der Waals surface area contributed by atoms with Crippen molar-refractivity contribution < 1.29 is 24.6 Å². The molecule has 0 aromatic heterocycles. The topological polar surface area (TPSA) is 116 Å². The number of rotatable bonds is 7. The first-order valence-corrected chi connectivity index (χ1v) is 5.87. The molecule has 0 aromatic carbocycles. The van der Waals surface area contributed by atoms with Crippen LogP contribution < -0.4 is 10.6 Å². The zero-order valence-corrected chi connectivity index (χ0v) is 10.2. The molecule has 102 valence electrons. The number of carboxylic acids is 2. The van der Waals surface area contributed by atoms with E-state index in [0.717, 1.165) is 19.3 Å². The lowest BCUT2D eigenvalue weighted by molar-refractivity contribution is -0.145. The Morgan fingerprint density at radius 3 is 2.28 bits per heavy atom. The van der Waals surface area contributed by atoms with Crippen LogP contribution in [0.1, 0.15) is 32.6 Å². The average Bonchev–Trinajstić information content (AvgIpc) is 3.05. The molecule has 18 heavy (non-hydrogen) atoms. The first-order chi connectivity index (χ1) is 8.38. The predicted molar refractivity (Wildman–Crippen MR) is 62.2 cm³/mol. The van der Waals surface area contributed by atoms with E-state index >= 15 is 0 Å². The Hall–Kier alpha value is -1.79. The second-order valence-electron chi connectivity index (χ2n) is 4.67. The average molecular weight is 258 g/mol. The molecule has 7 nitrogen and oxygen atoms in total. The van der Waals surface area contributed by atoms with Gasteiger partial charge >= 0.3 is 18.0 Å². The van der Waals surface area contributed by atoms with E-state index < -0.39 is 30.4 Å². The summed E-state index contributed by atoms with van der Waals surface area (Å²) in [7, 11) is 0. The number of carbonyl (C=O) groups is 3. The summed E-state index contributed by atoms with van der Waals surface area (Å²) in [6.45, 7) is 2.53. The molecular formula is C11H18N2O5. The fourth-order valence-corrected chi connectivity index (χ4v) is 1.68. The number of carbonyl (C=O) groups excluding carboxylic acids is 1. The second kappa shape index (κ2) is 5.70. The van der Waals surface area contributed by atoms with Gasteiger partial charge in [-0.2, -0.15) is 0 Å². The maximum absolute atomic E-state index is 11.5. The van der Waals surface area contributed by atoms with E-state index in [4.69, 9.17) is 10.2 Å². The van der Waals surface area contributed by atoms with Crippen molar-refractivity contribution in [1.82, 2.24) is 10.6 Å². The maximum atomic E-state index is 11.5. The number of amides is 2. The summed E-state index contributed by atoms with van der Waals surface area (Å²) < 4.78 is 0. The molecule has 0 aromatic rings. The molecule has 1 fully saturated rings. The van der Waals surface area contributed by atoms with Crippen LogP contribution in [0.4, 0.5) is 4.79 Å². The number of nitrogens with one attached hydrogen (secondary N) is 2. The minimum Gasteiger partial charge on any atom is -0.481 e. The Bertz CT molecular complexity index is 351. The van der Waals surface area contributed by atoms with Crippen LogP contribution in [0.5, 0.6) is 0 Å². The summed E-state index contributed by atoms with van der Waals surface area (Å²) in [6.07, 6.45) is 2.44. The second-order valence-corrected chi connectivity index (χ2v) is 4.67. The highest BCUT2D eigenvalue weighted by atomic mass is 16.4. The number of urea groups is 1. The van der Waals surface area contributed by atoms with Gasteiger partial charge in [-0.1, -0.05) is 6.92 Å². The Labute approximate surface area is 105 Å². The van der Waals surface area contributed by atoms with E-state index in [9.17, 15) is 14.4 Å². The highest BCUT2D eigenvalue weighted by Gasteiger charge is 2.40. The zero-order chi connectivity index (χ0) is 13.8. The molecule has 1 aliphatic carbocycles. The van der Waals surface area contributed by atoms with Crippen LogP contribution in [0, 0.1) is 5.41 Å². The smallest absolute Gasteiger partial charge is 0.326 e. The van der Waals surface area contributed by atoms with Crippen molar-refractivity contribution in [1.29, 1.82) is 0 Å². The normalized spacial score (nSPS) is 17.6. The highest BCUT2D eigenvalue weighted by molar-refractivity contribution is 5.86. The highest BCUT2D eigenvalue weighted by Crippen LogP contribution is 2.47. The van der Waals surface area contributed by atoms with Gasteiger partial charge in [0.05, 0.1) is 6.42 Å². The molecule has 2 amide bonds. The largest absolute Gasteiger partial charge is 0.481 e. The van der Waals surface area contributed by atoms with E-state index in [2.05, 4.69) is 10.6 Å². The molecule has 0 radical (unpaired) electrons. The van der Waals surface area contributed by atoms with Crippen LogP contribution in [0.2, 0.25) is 0 Å². The molecule has 0 bridgehead atoms. The van der Waals surface area contributed by atoms with Crippen molar-refractivity contribution >= 4 is 18.0 Å². The van der Waals surface area contributed by atoms with E-state index in [1.807, 2.05) is 6.92 Å². The lowest BCUT2D eigenvalue weighted by atomic mass is 10.0. The van der Waals surface area contributed by atoms with Gasteiger partial charge in [-0.05, 0) is 24.7 Å². The number of hydrogen-bond donors (Lipinski definition) is 4. The Morgan fingerprint density at radius 2 is 1.89 bits per heavy atom. The van der Waals surface area contributed by atoms with Gasteiger partial charge in [0.2, 0.25) is 0 Å². The first-order valence-electron chi connectivity index (χ1n) is 5.87. The predicted octanol–water partition coefficient (Wildman–Crippen LogP) is 0.404. The lowest BCUT2D eigenvalue weighted by Gasteiger charge is -2.16. The van der Waals surface area contributed by atoms with E-state index in [-0.39, 0.29) is 5.41 Å². The van der Waals surface area contributed by atoms with Crippen molar-refractivity contribution in [3.8, 4) is 0 Å². The first kappa shape index (κ1) is 14.3. The molecule has 1 rings (SSSR count). The summed E-state index contributed by atoms with van der Waals surface area (Å²) in [5.41, 5.74) is 0.156. The monoisotopic (exact) mass is 258 g/mol. The molecule has 0 aliphatic heterocycles. The third kappa shape index (κ3) is 4.23. The van der Waals surface area contributed by atoms with Crippen molar-refractivity contribution in [2.75, 3.05) is 6.54 Å². The van der Waals surface area contributed by atoms with Crippen LogP contribution in [-0.4, -0.2) is 40.8 Å². The van der Waals surface area contributed by atoms with Crippen LogP contribution in [0.15, 0.2) is 0 Å². The van der Waals surface area contributed by atoms with Gasteiger partial charge in [0, 0.05) is 6.54 Å². The van der Waals surface area contributed by atoms with E-state index in [1.165, 1.54) is 0 Å². The number of hydrogen-bond acceptors (Lipinski definition) is 3. The summed E-state index contributed by atoms with van der Waals surface area (Å²) in [5, 5.41) is 22.0. The molecule has 0 heterocycles. The van der Waals surface area contributed by atoms with E-state index in [1.54, 1.807) is 0 Å². The van der Waals surface area contributed by atoms with Crippen LogP contribution in [0.3, 0.4) is 0 Å². The summed E-state index contributed by atoms with van der Waals surface area (Å²) in [4.78, 5) is 32.6. The minimum atomic E-state index is -1.40. The van der Waals surface area contributed by atoms with Crippen molar-refractivity contribution in [3.63, 3.8) is 0 Å². The van der Waals surface area contributed by atoms with Crippen LogP contribution >= 0.6 is 0 Å². The zero-order valence-electron chi connectivity index (χ0n) is 10.2. The number of carboxylic acid groups (broad SMARTS) is 2. The van der Waals surface area contributed by atoms with Crippen molar-refractivity contribution in [3.05, 3.63) is 0 Å². The summed E-state index contributed by atoms with van der Waals surface area (Å²) in [5.74, 6) is -2.63. The molecule has 0 spiro atoms. The molecule has 7 heteroatoms. The van der Waals surface area contributed by atoms with Gasteiger partial charge in [0.25, 0.3) is 0 Å². The number of aliphatic carboxylic acids is 2. The SMILES string of the molecule is CCC1(CNC(=O)N[C@H](CC(=O)O)C(=O)O)CC1. The molecular weight excluding hydrogens is 240 g/mol. The standard InChI is InChI=1S/C11H18N2O5/c1-2-11(3-4-11)6-12-10(18)13-7(9(16)17)5-8(14)15/h7H,2-6H2,1H3,(H,14,15)(H,16,17)(H2,12,13,18)/t7-/m1/s1. The molecule has 4 N–H and O–H groups in total. The van der Waals surface area contributed by atoms with Gasteiger partial charge < -0.3 is 20.8 Å². The van der Waals surface area contributed by atoms with Gasteiger partial charge in [0.15, 0.2) is 0 Å². The molecule has 1 saturated carbocycles. The third-order valence-corrected chi connectivity index (χ3v) is 3.31. The Morgan fingerprint density at radius 1 is 1.28 bits per heavy atom. The van der Waals surface area contributed by atoms with Gasteiger partial charge in [0.1, 0.15) is 6.04 Å². The Balaban J connectivity index is 2.36. The molecule has 0 unspecified atom stereocenters. The van der Waals surface area contributed by atoms with Crippen LogP contribution in [0.25, 0.3) is 0 Å². The van der Waals surface area contributed by atoms with Crippen LogP contribution in [-0.2, 0) is 9.59 Å². The summed E-state index contributed by atoms with van der Waals surface area (Å²) >= 11 is 0. The van der Waals surface area contributed by atoms with Gasteiger partial charge in [-0.3, -0.25) is 4.79 Å². The quantitative estimate of drug-likeness (QED) is 0.527. The third-order valence-electron chi connectivity index (χ3n) is 3.31. The molecule has 0 saturated heterocycles. The molecule has 1 aliphatic rings. The maximum Gasteiger partial charge on any atom is 0.326 e. The fourth-order valence-electron chi connectivity index (χ4n) is 1.68. The van der Waals surface area contributed by atoms with E-state index in [0.29, 0.717) is 6.54 Å². The van der Waals surface area contributed by atoms with Gasteiger partial charge in [-0.25, -0.2) is 9.59 Å². The lowest BCUT2D eigenvalue weighted by Crippen LogP contribution is -2.48. The summed E-state index contributed by atoms with van der Waals surface area (Å²) in [6, 6.07) is -2.04. The van der Waals surface area contributed by atoms with Gasteiger partial charge in [-0.15, -0.1) is 0 Å². The van der Waals surface area contributed by atoms with Crippen molar-refractivity contribution in [2.24, 2.45) is 5.41 Å². The molecule has 1 atom stereocenters. The van der Waals surface area contributed by atoms with Crippen molar-refractivity contribution in [2.45, 2.75) is 38.6 Å².